The van der Waals surface area contributed by atoms with Crippen molar-refractivity contribution in [2.24, 2.45) is 0 Å². The first-order valence-corrected chi connectivity index (χ1v) is 11.4. The zero-order valence-electron chi connectivity index (χ0n) is 17.9. The number of piperidine rings is 1. The van der Waals surface area contributed by atoms with E-state index < -0.39 is 10.0 Å². The Hall–Kier alpha value is -2.58. The summed E-state index contributed by atoms with van der Waals surface area (Å²) in [4.78, 5) is 17.1. The van der Waals surface area contributed by atoms with Crippen LogP contribution in [0.2, 0.25) is 0 Å². The maximum atomic E-state index is 13.1. The molecular formula is C22H29N3O4S. The molecule has 0 radical (unpaired) electrons. The van der Waals surface area contributed by atoms with Crippen LogP contribution in [0.4, 0.5) is 5.69 Å². The Labute approximate surface area is 178 Å². The first-order chi connectivity index (χ1) is 14.2. The summed E-state index contributed by atoms with van der Waals surface area (Å²) in [6, 6.07) is 12.1. The third-order valence-electron chi connectivity index (χ3n) is 5.56. The highest BCUT2D eigenvalue weighted by atomic mass is 32.2. The van der Waals surface area contributed by atoms with E-state index in [1.165, 1.54) is 13.2 Å². The van der Waals surface area contributed by atoms with E-state index in [0.29, 0.717) is 41.7 Å². The highest BCUT2D eigenvalue weighted by Crippen LogP contribution is 2.28. The number of hydrogen-bond donors (Lipinski definition) is 1. The lowest BCUT2D eigenvalue weighted by Gasteiger charge is -2.35. The zero-order chi connectivity index (χ0) is 21.9. The van der Waals surface area contributed by atoms with Crippen molar-refractivity contribution in [1.29, 1.82) is 0 Å². The normalized spacial score (nSPS) is 15.3. The SMILES string of the molecule is COc1ccccc1NS(=O)(=O)c1cc(C(=O)N2CCC(N(C)C)CC2)ccc1C. The van der Waals surface area contributed by atoms with E-state index in [4.69, 9.17) is 4.74 Å². The monoisotopic (exact) mass is 431 g/mol. The fraction of sp³-hybridized carbons (Fsp3) is 0.409. The molecule has 0 bridgehead atoms. The third-order valence-corrected chi connectivity index (χ3v) is 7.07. The number of benzene rings is 2. The molecule has 1 heterocycles. The number of hydrogen-bond acceptors (Lipinski definition) is 5. The molecule has 30 heavy (non-hydrogen) atoms. The highest BCUT2D eigenvalue weighted by Gasteiger charge is 2.26. The van der Waals surface area contributed by atoms with Gasteiger partial charge in [-0.2, -0.15) is 0 Å². The number of nitrogens with zero attached hydrogens (tertiary/aromatic N) is 2. The molecule has 2 aromatic carbocycles. The molecule has 1 amide bonds. The number of rotatable bonds is 6. The number of anilines is 1. The summed E-state index contributed by atoms with van der Waals surface area (Å²) in [5.74, 6) is 0.288. The van der Waals surface area contributed by atoms with E-state index in [1.54, 1.807) is 48.2 Å². The fourth-order valence-corrected chi connectivity index (χ4v) is 5.06. The molecular weight excluding hydrogens is 402 g/mol. The number of sulfonamides is 1. The molecule has 0 aliphatic carbocycles. The summed E-state index contributed by atoms with van der Waals surface area (Å²) in [7, 11) is 1.69. The van der Waals surface area contributed by atoms with E-state index in [0.717, 1.165) is 12.8 Å². The fourth-order valence-electron chi connectivity index (χ4n) is 3.72. The number of amides is 1. The standard InChI is InChI=1S/C22H29N3O4S/c1-16-9-10-17(22(26)25-13-11-18(12-14-25)24(2)3)15-21(16)30(27,28)23-19-7-5-6-8-20(19)29-4/h5-10,15,18,23H,11-14H2,1-4H3. The van der Waals surface area contributed by atoms with Crippen LogP contribution in [0.15, 0.2) is 47.4 Å². The van der Waals surface area contributed by atoms with Crippen LogP contribution in [0.25, 0.3) is 0 Å². The molecule has 162 valence electrons. The predicted octanol–water partition coefficient (Wildman–Crippen LogP) is 2.97. The van der Waals surface area contributed by atoms with Gasteiger partial charge in [-0.05, 0) is 63.7 Å². The van der Waals surface area contributed by atoms with Gasteiger partial charge in [-0.25, -0.2) is 8.42 Å². The van der Waals surface area contributed by atoms with Crippen molar-refractivity contribution in [1.82, 2.24) is 9.80 Å². The summed E-state index contributed by atoms with van der Waals surface area (Å²) >= 11 is 0. The van der Waals surface area contributed by atoms with Gasteiger partial charge in [0, 0.05) is 24.7 Å². The highest BCUT2D eigenvalue weighted by molar-refractivity contribution is 7.92. The molecule has 1 fully saturated rings. The second-order valence-electron chi connectivity index (χ2n) is 7.77. The molecule has 0 aromatic heterocycles. The molecule has 0 saturated carbocycles. The Morgan fingerprint density at radius 1 is 1.13 bits per heavy atom. The van der Waals surface area contributed by atoms with Crippen molar-refractivity contribution in [3.8, 4) is 5.75 Å². The molecule has 1 saturated heterocycles. The Kier molecular flexibility index (Phi) is 6.67. The lowest BCUT2D eigenvalue weighted by atomic mass is 10.0. The number of carbonyl (C=O) groups is 1. The summed E-state index contributed by atoms with van der Waals surface area (Å²) in [5, 5.41) is 0. The molecule has 0 unspecified atom stereocenters. The molecule has 1 N–H and O–H groups in total. The molecule has 2 aromatic rings. The first-order valence-electron chi connectivity index (χ1n) is 9.95. The Bertz CT molecular complexity index is 1010. The van der Waals surface area contributed by atoms with E-state index in [9.17, 15) is 13.2 Å². The van der Waals surface area contributed by atoms with Gasteiger partial charge < -0.3 is 14.5 Å². The van der Waals surface area contributed by atoms with Crippen LogP contribution in [0.5, 0.6) is 5.75 Å². The lowest BCUT2D eigenvalue weighted by Crippen LogP contribution is -2.44. The third kappa shape index (κ3) is 4.76. The van der Waals surface area contributed by atoms with Crippen LogP contribution in [-0.2, 0) is 10.0 Å². The number of ether oxygens (including phenoxy) is 1. The predicted molar refractivity (Wildman–Crippen MR) is 118 cm³/mol. The van der Waals surface area contributed by atoms with Crippen LogP contribution >= 0.6 is 0 Å². The van der Waals surface area contributed by atoms with Gasteiger partial charge in [0.25, 0.3) is 15.9 Å². The summed E-state index contributed by atoms with van der Waals surface area (Å²) in [6.07, 6.45) is 1.82. The summed E-state index contributed by atoms with van der Waals surface area (Å²) in [6.45, 7) is 3.04. The minimum Gasteiger partial charge on any atom is -0.495 e. The molecule has 7 nitrogen and oxygen atoms in total. The summed E-state index contributed by atoms with van der Waals surface area (Å²) < 4.78 is 33.9. The van der Waals surface area contributed by atoms with Gasteiger partial charge in [-0.3, -0.25) is 9.52 Å². The second kappa shape index (κ2) is 9.06. The van der Waals surface area contributed by atoms with Crippen LogP contribution in [0.3, 0.4) is 0 Å². The maximum absolute atomic E-state index is 13.1. The average Bonchev–Trinajstić information content (AvgIpc) is 2.73. The van der Waals surface area contributed by atoms with Gasteiger partial charge >= 0.3 is 0 Å². The number of likely N-dealkylation sites (tertiary alicyclic amines) is 1. The average molecular weight is 432 g/mol. The van der Waals surface area contributed by atoms with Gasteiger partial charge in [0.15, 0.2) is 0 Å². The van der Waals surface area contributed by atoms with Gasteiger partial charge in [-0.15, -0.1) is 0 Å². The molecule has 3 rings (SSSR count). The largest absolute Gasteiger partial charge is 0.495 e. The smallest absolute Gasteiger partial charge is 0.262 e. The van der Waals surface area contributed by atoms with Gasteiger partial charge in [0.1, 0.15) is 5.75 Å². The number of para-hydroxylation sites is 2. The van der Waals surface area contributed by atoms with Crippen molar-refractivity contribution in [3.05, 3.63) is 53.6 Å². The Balaban J connectivity index is 1.83. The van der Waals surface area contributed by atoms with Crippen LogP contribution in [0.1, 0.15) is 28.8 Å². The lowest BCUT2D eigenvalue weighted by molar-refractivity contribution is 0.0663. The zero-order valence-corrected chi connectivity index (χ0v) is 18.7. The van der Waals surface area contributed by atoms with Crippen molar-refractivity contribution in [2.45, 2.75) is 30.7 Å². The van der Waals surface area contributed by atoms with Gasteiger partial charge in [-0.1, -0.05) is 18.2 Å². The second-order valence-corrected chi connectivity index (χ2v) is 9.42. The van der Waals surface area contributed by atoms with Crippen molar-refractivity contribution in [2.75, 3.05) is 39.0 Å². The van der Waals surface area contributed by atoms with E-state index >= 15 is 0 Å². The van der Waals surface area contributed by atoms with Gasteiger partial charge in [0.2, 0.25) is 0 Å². The minimum absolute atomic E-state index is 0.0856. The molecule has 1 aliphatic heterocycles. The van der Waals surface area contributed by atoms with Crippen molar-refractivity contribution in [3.63, 3.8) is 0 Å². The van der Waals surface area contributed by atoms with E-state index in [-0.39, 0.29) is 10.8 Å². The molecule has 8 heteroatoms. The number of methoxy groups -OCH3 is 1. The Morgan fingerprint density at radius 3 is 2.43 bits per heavy atom. The van der Waals surface area contributed by atoms with Crippen molar-refractivity contribution >= 4 is 21.6 Å². The van der Waals surface area contributed by atoms with Crippen LogP contribution in [-0.4, -0.2) is 64.5 Å². The molecule has 0 spiro atoms. The quantitative estimate of drug-likeness (QED) is 0.761. The molecule has 0 atom stereocenters. The Morgan fingerprint density at radius 2 is 1.80 bits per heavy atom. The van der Waals surface area contributed by atoms with Crippen LogP contribution in [0, 0.1) is 6.92 Å². The number of carbonyl (C=O) groups excluding carboxylic acids is 1. The van der Waals surface area contributed by atoms with Crippen molar-refractivity contribution < 1.29 is 17.9 Å². The maximum Gasteiger partial charge on any atom is 0.262 e. The number of aryl methyl sites for hydroxylation is 1. The summed E-state index contributed by atoms with van der Waals surface area (Å²) in [5.41, 5.74) is 1.30. The topological polar surface area (TPSA) is 78.9 Å². The van der Waals surface area contributed by atoms with Gasteiger partial charge in [0.05, 0.1) is 17.7 Å². The van der Waals surface area contributed by atoms with Crippen LogP contribution < -0.4 is 9.46 Å². The number of nitrogens with one attached hydrogen (secondary N) is 1. The first kappa shape index (κ1) is 22.1. The van der Waals surface area contributed by atoms with E-state index in [2.05, 4.69) is 9.62 Å². The van der Waals surface area contributed by atoms with E-state index in [1.807, 2.05) is 14.1 Å². The minimum atomic E-state index is -3.89. The molecule has 1 aliphatic rings.